The van der Waals surface area contributed by atoms with Crippen LogP contribution in [0.4, 0.5) is 0 Å². The summed E-state index contributed by atoms with van der Waals surface area (Å²) in [5, 5.41) is 9.30. The van der Waals surface area contributed by atoms with E-state index in [9.17, 15) is 5.11 Å². The van der Waals surface area contributed by atoms with Gasteiger partial charge in [0.25, 0.3) is 0 Å². The highest BCUT2D eigenvalue weighted by Gasteiger charge is 2.39. The van der Waals surface area contributed by atoms with Gasteiger partial charge in [-0.25, -0.2) is 0 Å². The molecule has 2 aliphatic rings. The minimum absolute atomic E-state index is 0.213. The summed E-state index contributed by atoms with van der Waals surface area (Å²) in [5.74, 6) is 0.902. The van der Waals surface area contributed by atoms with Gasteiger partial charge in [0, 0.05) is 12.6 Å². The van der Waals surface area contributed by atoms with Crippen LogP contribution in [0, 0.1) is 5.92 Å². The molecule has 1 saturated heterocycles. The van der Waals surface area contributed by atoms with Crippen molar-refractivity contribution >= 4 is 0 Å². The van der Waals surface area contributed by atoms with Gasteiger partial charge in [0.05, 0.1) is 0 Å². The van der Waals surface area contributed by atoms with Crippen LogP contribution in [0.3, 0.4) is 0 Å². The summed E-state index contributed by atoms with van der Waals surface area (Å²) in [4.78, 5) is 2.23. The van der Waals surface area contributed by atoms with Crippen molar-refractivity contribution in [1.29, 1.82) is 0 Å². The first-order valence-electron chi connectivity index (χ1n) is 4.21. The number of rotatable bonds is 1. The van der Waals surface area contributed by atoms with E-state index in [0.717, 1.165) is 12.5 Å². The number of hydrogen-bond donors (Lipinski definition) is 1. The lowest BCUT2D eigenvalue weighted by Crippen LogP contribution is -2.39. The van der Waals surface area contributed by atoms with Gasteiger partial charge in [-0.15, -0.1) is 0 Å². The second-order valence-corrected chi connectivity index (χ2v) is 3.66. The summed E-state index contributed by atoms with van der Waals surface area (Å²) in [6.07, 6.45) is 3.84. The second kappa shape index (κ2) is 2.21. The summed E-state index contributed by atoms with van der Waals surface area (Å²) >= 11 is 0. The van der Waals surface area contributed by atoms with Gasteiger partial charge in [-0.2, -0.15) is 0 Å². The average Bonchev–Trinajstić information content (AvgIpc) is 2.44. The van der Waals surface area contributed by atoms with Gasteiger partial charge in [0.15, 0.2) is 0 Å². The van der Waals surface area contributed by atoms with Crippen molar-refractivity contribution in [2.24, 2.45) is 5.92 Å². The molecule has 3 atom stereocenters. The van der Waals surface area contributed by atoms with Gasteiger partial charge in [0.1, 0.15) is 6.23 Å². The third-order valence-corrected chi connectivity index (χ3v) is 2.93. The van der Waals surface area contributed by atoms with E-state index in [2.05, 4.69) is 4.90 Å². The molecule has 10 heavy (non-hydrogen) atoms. The Bertz CT molecular complexity index is 135. The summed E-state index contributed by atoms with van der Waals surface area (Å²) in [7, 11) is 0. The Hall–Kier alpha value is -0.0800. The third-order valence-electron chi connectivity index (χ3n) is 2.93. The number of fused-ring (bicyclic) bond motifs is 2. The number of hydrogen-bond acceptors (Lipinski definition) is 2. The van der Waals surface area contributed by atoms with Gasteiger partial charge < -0.3 is 5.11 Å². The number of aliphatic hydroxyl groups excluding tert-OH is 1. The molecule has 1 aliphatic heterocycles. The van der Waals surface area contributed by atoms with Gasteiger partial charge in [0.2, 0.25) is 0 Å². The lowest BCUT2D eigenvalue weighted by Gasteiger charge is -2.29. The lowest BCUT2D eigenvalue weighted by molar-refractivity contribution is -0.00188. The minimum Gasteiger partial charge on any atom is -0.379 e. The van der Waals surface area contributed by atoms with E-state index in [4.69, 9.17) is 0 Å². The van der Waals surface area contributed by atoms with Crippen LogP contribution in [0.1, 0.15) is 26.2 Å². The largest absolute Gasteiger partial charge is 0.379 e. The second-order valence-electron chi connectivity index (χ2n) is 3.66. The molecule has 0 aromatic heterocycles. The summed E-state index contributed by atoms with van der Waals surface area (Å²) in [6, 6.07) is 0.713. The van der Waals surface area contributed by atoms with Crippen molar-refractivity contribution < 1.29 is 5.11 Å². The molecule has 1 N–H and O–H groups in total. The van der Waals surface area contributed by atoms with Crippen LogP contribution >= 0.6 is 0 Å². The topological polar surface area (TPSA) is 23.5 Å². The zero-order chi connectivity index (χ0) is 7.14. The molecular weight excluding hydrogens is 126 g/mol. The molecule has 2 nitrogen and oxygen atoms in total. The van der Waals surface area contributed by atoms with Crippen LogP contribution in [0.5, 0.6) is 0 Å². The van der Waals surface area contributed by atoms with Gasteiger partial charge in [-0.1, -0.05) is 0 Å². The smallest absolute Gasteiger partial charge is 0.104 e. The van der Waals surface area contributed by atoms with Gasteiger partial charge in [-0.05, 0) is 32.1 Å². The molecule has 0 spiro atoms. The molecule has 1 aliphatic carbocycles. The van der Waals surface area contributed by atoms with E-state index in [0.29, 0.717) is 6.04 Å². The molecule has 0 amide bonds. The Morgan fingerprint density at radius 3 is 2.60 bits per heavy atom. The first kappa shape index (κ1) is 6.62. The molecule has 3 unspecified atom stereocenters. The van der Waals surface area contributed by atoms with Crippen LogP contribution in [0.2, 0.25) is 0 Å². The highest BCUT2D eigenvalue weighted by Crippen LogP contribution is 2.37. The Labute approximate surface area is 61.8 Å². The molecule has 58 valence electrons. The Morgan fingerprint density at radius 2 is 2.30 bits per heavy atom. The van der Waals surface area contributed by atoms with Crippen molar-refractivity contribution in [1.82, 2.24) is 4.90 Å². The summed E-state index contributed by atoms with van der Waals surface area (Å²) < 4.78 is 0. The van der Waals surface area contributed by atoms with E-state index in [1.54, 1.807) is 0 Å². The van der Waals surface area contributed by atoms with Gasteiger partial charge in [-0.3, -0.25) is 4.90 Å². The number of aliphatic hydroxyl groups is 1. The fourth-order valence-electron chi connectivity index (χ4n) is 2.42. The summed E-state index contributed by atoms with van der Waals surface area (Å²) in [6.45, 7) is 3.02. The van der Waals surface area contributed by atoms with Crippen molar-refractivity contribution in [3.05, 3.63) is 0 Å². The molecule has 1 saturated carbocycles. The Kier molecular flexibility index (Phi) is 1.46. The molecule has 0 aromatic rings. The highest BCUT2D eigenvalue weighted by molar-refractivity contribution is 4.92. The first-order chi connectivity index (χ1) is 4.77. The molecule has 2 rings (SSSR count). The molecule has 0 aromatic carbocycles. The lowest BCUT2D eigenvalue weighted by atomic mass is 10.1. The van der Waals surface area contributed by atoms with Crippen LogP contribution in [-0.4, -0.2) is 28.8 Å². The fraction of sp³-hybridized carbons (Fsp3) is 1.00. The quantitative estimate of drug-likeness (QED) is 0.584. The van der Waals surface area contributed by atoms with E-state index < -0.39 is 0 Å². The Morgan fingerprint density at radius 1 is 1.50 bits per heavy atom. The number of nitrogens with zero attached hydrogens (tertiary/aromatic N) is 1. The molecule has 2 heteroatoms. The van der Waals surface area contributed by atoms with Crippen LogP contribution in [0.15, 0.2) is 0 Å². The number of likely N-dealkylation sites (tertiary alicyclic amines) is 1. The maximum atomic E-state index is 9.30. The van der Waals surface area contributed by atoms with Crippen molar-refractivity contribution in [3.63, 3.8) is 0 Å². The SMILES string of the molecule is CC(O)N1CC2CCC1C2. The highest BCUT2D eigenvalue weighted by atomic mass is 16.3. The maximum Gasteiger partial charge on any atom is 0.104 e. The number of piperidine rings is 1. The van der Waals surface area contributed by atoms with Crippen LogP contribution in [0.25, 0.3) is 0 Å². The fourth-order valence-corrected chi connectivity index (χ4v) is 2.42. The molecule has 2 bridgehead atoms. The van der Waals surface area contributed by atoms with Crippen LogP contribution < -0.4 is 0 Å². The predicted octanol–water partition coefficient (Wildman–Crippen LogP) is 0.809. The molecular formula is C8H15NO. The monoisotopic (exact) mass is 141 g/mol. The molecule has 0 radical (unpaired) electrons. The minimum atomic E-state index is -0.213. The van der Waals surface area contributed by atoms with Gasteiger partial charge >= 0.3 is 0 Å². The molecule has 2 fully saturated rings. The first-order valence-corrected chi connectivity index (χ1v) is 4.21. The van der Waals surface area contributed by atoms with E-state index >= 15 is 0 Å². The average molecular weight is 141 g/mol. The maximum absolute atomic E-state index is 9.30. The Balaban J connectivity index is 2.02. The normalized spacial score (nSPS) is 42.6. The standard InChI is InChI=1S/C8H15NO/c1-6(10)9-5-7-2-3-8(9)4-7/h6-8,10H,2-5H2,1H3. The molecule has 1 heterocycles. The predicted molar refractivity (Wildman–Crippen MR) is 39.5 cm³/mol. The van der Waals surface area contributed by atoms with Crippen molar-refractivity contribution in [2.45, 2.75) is 38.5 Å². The zero-order valence-electron chi connectivity index (χ0n) is 6.45. The summed E-state index contributed by atoms with van der Waals surface area (Å²) in [5.41, 5.74) is 0. The third kappa shape index (κ3) is 0.867. The van der Waals surface area contributed by atoms with E-state index in [-0.39, 0.29) is 6.23 Å². The van der Waals surface area contributed by atoms with Crippen molar-refractivity contribution in [3.8, 4) is 0 Å². The zero-order valence-corrected chi connectivity index (χ0v) is 6.45. The van der Waals surface area contributed by atoms with E-state index in [1.807, 2.05) is 6.92 Å². The van der Waals surface area contributed by atoms with Crippen LogP contribution in [-0.2, 0) is 0 Å². The van der Waals surface area contributed by atoms with Crippen molar-refractivity contribution in [2.75, 3.05) is 6.54 Å². The van der Waals surface area contributed by atoms with E-state index in [1.165, 1.54) is 19.3 Å².